The zero-order valence-electron chi connectivity index (χ0n) is 14.6. The Kier molecular flexibility index (Phi) is 5.26. The van der Waals surface area contributed by atoms with Crippen molar-refractivity contribution >= 4 is 17.5 Å². The minimum atomic E-state index is -0.552. The van der Waals surface area contributed by atoms with Gasteiger partial charge >= 0.3 is 11.8 Å². The van der Waals surface area contributed by atoms with Crippen LogP contribution >= 0.6 is 0 Å². The lowest BCUT2D eigenvalue weighted by molar-refractivity contribution is -0.384. The van der Waals surface area contributed by atoms with Gasteiger partial charge in [-0.25, -0.2) is 4.79 Å². The van der Waals surface area contributed by atoms with Gasteiger partial charge in [0.05, 0.1) is 11.0 Å². The first-order chi connectivity index (χ1) is 11.2. The maximum absolute atomic E-state index is 12.2. The first-order valence-corrected chi connectivity index (χ1v) is 7.98. The lowest BCUT2D eigenvalue weighted by atomic mass is 10.0. The number of nitro groups is 1. The molecular formula is C16H24N4O4. The topological polar surface area (TPSA) is 88.8 Å². The van der Waals surface area contributed by atoms with Crippen LogP contribution in [-0.2, 0) is 4.74 Å². The summed E-state index contributed by atoms with van der Waals surface area (Å²) in [5.74, 6) is 0. The van der Waals surface area contributed by atoms with Crippen molar-refractivity contribution in [2.24, 2.45) is 0 Å². The van der Waals surface area contributed by atoms with Crippen molar-refractivity contribution < 1.29 is 14.5 Å². The maximum atomic E-state index is 12.2. The molecule has 2 heterocycles. The van der Waals surface area contributed by atoms with E-state index in [9.17, 15) is 14.9 Å². The quantitative estimate of drug-likeness (QED) is 0.623. The molecule has 24 heavy (non-hydrogen) atoms. The molecule has 8 heteroatoms. The van der Waals surface area contributed by atoms with Crippen LogP contribution < -0.4 is 4.90 Å². The summed E-state index contributed by atoms with van der Waals surface area (Å²) in [5, 5.41) is 11.2. The van der Waals surface area contributed by atoms with Crippen LogP contribution in [0.25, 0.3) is 0 Å². The summed E-state index contributed by atoms with van der Waals surface area (Å²) < 4.78 is 5.41. The standard InChI is InChI=1S/C16H24N4O4/c1-16(2,3)24-15(21)18(4)12-6-5-9-19(11-12)13-7-8-17-10-14(13)20(22)23/h7-8,10,12H,5-6,9,11H2,1-4H3/t12-/m0/s1. The molecule has 132 valence electrons. The zero-order chi connectivity index (χ0) is 17.9. The smallest absolute Gasteiger partial charge is 0.410 e. The highest BCUT2D eigenvalue weighted by molar-refractivity contribution is 5.68. The molecule has 0 aromatic carbocycles. The van der Waals surface area contributed by atoms with Gasteiger partial charge in [-0.2, -0.15) is 0 Å². The number of anilines is 1. The molecule has 0 aliphatic carbocycles. The van der Waals surface area contributed by atoms with Crippen molar-refractivity contribution in [1.29, 1.82) is 0 Å². The van der Waals surface area contributed by atoms with Gasteiger partial charge in [-0.15, -0.1) is 0 Å². The van der Waals surface area contributed by atoms with E-state index in [2.05, 4.69) is 4.98 Å². The number of carbonyl (C=O) groups excluding carboxylic acids is 1. The molecular weight excluding hydrogens is 312 g/mol. The Hall–Kier alpha value is -2.38. The summed E-state index contributed by atoms with van der Waals surface area (Å²) >= 11 is 0. The van der Waals surface area contributed by atoms with Crippen LogP contribution in [0, 0.1) is 10.1 Å². The van der Waals surface area contributed by atoms with Crippen molar-refractivity contribution in [2.75, 3.05) is 25.0 Å². The lowest BCUT2D eigenvalue weighted by Gasteiger charge is -2.38. The van der Waals surface area contributed by atoms with Crippen molar-refractivity contribution in [3.05, 3.63) is 28.6 Å². The van der Waals surface area contributed by atoms with Gasteiger partial charge < -0.3 is 14.5 Å². The fourth-order valence-electron chi connectivity index (χ4n) is 2.76. The molecule has 0 N–H and O–H groups in total. The van der Waals surface area contributed by atoms with E-state index in [4.69, 9.17) is 4.74 Å². The molecule has 1 amide bonds. The van der Waals surface area contributed by atoms with Crippen LogP contribution in [0.15, 0.2) is 18.5 Å². The normalized spacial score (nSPS) is 18.2. The number of pyridine rings is 1. The molecule has 1 aromatic heterocycles. The Balaban J connectivity index is 2.12. The van der Waals surface area contributed by atoms with E-state index in [0.29, 0.717) is 18.8 Å². The summed E-state index contributed by atoms with van der Waals surface area (Å²) in [6.45, 7) is 6.72. The predicted molar refractivity (Wildman–Crippen MR) is 90.1 cm³/mol. The second-order valence-electron chi connectivity index (χ2n) is 6.95. The Morgan fingerprint density at radius 1 is 1.50 bits per heavy atom. The first-order valence-electron chi connectivity index (χ1n) is 7.98. The second-order valence-corrected chi connectivity index (χ2v) is 6.95. The number of amides is 1. The molecule has 0 saturated carbocycles. The van der Waals surface area contributed by atoms with E-state index in [1.54, 1.807) is 24.2 Å². The summed E-state index contributed by atoms with van der Waals surface area (Å²) in [6.07, 6.45) is 4.11. The molecule has 1 aliphatic rings. The van der Waals surface area contributed by atoms with E-state index in [1.807, 2.05) is 25.7 Å². The summed E-state index contributed by atoms with van der Waals surface area (Å²) in [7, 11) is 1.71. The van der Waals surface area contributed by atoms with E-state index in [-0.39, 0.29) is 17.8 Å². The molecule has 1 atom stereocenters. The number of hydrogen-bond donors (Lipinski definition) is 0. The lowest BCUT2D eigenvalue weighted by Crippen LogP contribution is -2.50. The number of carbonyl (C=O) groups is 1. The second kappa shape index (κ2) is 7.02. The largest absolute Gasteiger partial charge is 0.444 e. The molecule has 1 aliphatic heterocycles. The Bertz CT molecular complexity index is 614. The van der Waals surface area contributed by atoms with Crippen molar-refractivity contribution in [3.8, 4) is 0 Å². The van der Waals surface area contributed by atoms with Crippen LogP contribution in [0.4, 0.5) is 16.2 Å². The number of hydrogen-bond acceptors (Lipinski definition) is 6. The van der Waals surface area contributed by atoms with Gasteiger partial charge in [-0.3, -0.25) is 15.1 Å². The summed E-state index contributed by atoms with van der Waals surface area (Å²) in [4.78, 5) is 30.4. The number of likely N-dealkylation sites (N-methyl/N-ethyl adjacent to an activating group) is 1. The average molecular weight is 336 g/mol. The van der Waals surface area contributed by atoms with E-state index >= 15 is 0 Å². The Morgan fingerprint density at radius 2 is 2.21 bits per heavy atom. The fraction of sp³-hybridized carbons (Fsp3) is 0.625. The highest BCUT2D eigenvalue weighted by Crippen LogP contribution is 2.30. The van der Waals surface area contributed by atoms with Crippen molar-refractivity contribution in [3.63, 3.8) is 0 Å². The number of piperidine rings is 1. The summed E-state index contributed by atoms with van der Waals surface area (Å²) in [5.41, 5.74) is -0.0285. The third-order valence-electron chi connectivity index (χ3n) is 3.94. The van der Waals surface area contributed by atoms with Gasteiger partial charge in [0.2, 0.25) is 0 Å². The van der Waals surface area contributed by atoms with Crippen LogP contribution in [0.3, 0.4) is 0 Å². The van der Waals surface area contributed by atoms with Crippen LogP contribution in [0.1, 0.15) is 33.6 Å². The Morgan fingerprint density at radius 3 is 2.83 bits per heavy atom. The molecule has 0 bridgehead atoms. The van der Waals surface area contributed by atoms with Gasteiger partial charge in [-0.1, -0.05) is 0 Å². The molecule has 2 rings (SSSR count). The van der Waals surface area contributed by atoms with Crippen molar-refractivity contribution in [2.45, 2.75) is 45.3 Å². The van der Waals surface area contributed by atoms with Crippen LogP contribution in [-0.4, -0.2) is 52.7 Å². The van der Waals surface area contributed by atoms with Gasteiger partial charge in [0.15, 0.2) is 0 Å². The minimum absolute atomic E-state index is 0.0157. The summed E-state index contributed by atoms with van der Waals surface area (Å²) in [6, 6.07) is 1.59. The number of ether oxygens (including phenoxy) is 1. The number of aromatic nitrogens is 1. The Labute approximate surface area is 141 Å². The van der Waals surface area contributed by atoms with E-state index < -0.39 is 10.5 Å². The number of nitrogens with zero attached hydrogens (tertiary/aromatic N) is 4. The van der Waals surface area contributed by atoms with Gasteiger partial charge in [0, 0.05) is 26.3 Å². The van der Waals surface area contributed by atoms with Gasteiger partial charge in [0.25, 0.3) is 0 Å². The fourth-order valence-corrected chi connectivity index (χ4v) is 2.76. The molecule has 1 fully saturated rings. The number of rotatable bonds is 3. The van der Waals surface area contributed by atoms with E-state index in [0.717, 1.165) is 12.8 Å². The van der Waals surface area contributed by atoms with Crippen LogP contribution in [0.5, 0.6) is 0 Å². The van der Waals surface area contributed by atoms with Gasteiger partial charge in [-0.05, 0) is 39.7 Å². The van der Waals surface area contributed by atoms with Crippen LogP contribution in [0.2, 0.25) is 0 Å². The van der Waals surface area contributed by atoms with E-state index in [1.165, 1.54) is 6.20 Å². The SMILES string of the molecule is CN(C(=O)OC(C)(C)C)[C@H]1CCCN(c2ccncc2[N+](=O)[O-])C1. The average Bonchev–Trinajstić information content (AvgIpc) is 2.52. The highest BCUT2D eigenvalue weighted by atomic mass is 16.6. The third kappa shape index (κ3) is 4.33. The molecule has 1 saturated heterocycles. The monoisotopic (exact) mass is 336 g/mol. The van der Waals surface area contributed by atoms with Crippen molar-refractivity contribution in [1.82, 2.24) is 9.88 Å². The van der Waals surface area contributed by atoms with Gasteiger partial charge in [0.1, 0.15) is 17.5 Å². The predicted octanol–water partition coefficient (Wildman–Crippen LogP) is 2.83. The minimum Gasteiger partial charge on any atom is -0.444 e. The third-order valence-corrected chi connectivity index (χ3v) is 3.94. The molecule has 8 nitrogen and oxygen atoms in total. The molecule has 0 unspecified atom stereocenters. The zero-order valence-corrected chi connectivity index (χ0v) is 14.6. The first kappa shape index (κ1) is 18.0. The maximum Gasteiger partial charge on any atom is 0.410 e. The highest BCUT2D eigenvalue weighted by Gasteiger charge is 2.31. The molecule has 1 aromatic rings. The molecule has 0 spiro atoms. The molecule has 0 radical (unpaired) electrons.